The maximum atomic E-state index is 12.9. The Hall–Kier alpha value is -4.19. The molecule has 1 unspecified atom stereocenters. The topological polar surface area (TPSA) is 78.9 Å². The number of unbranched alkanes of at least 4 members (excludes halogenated alkanes) is 27. The Balaban J connectivity index is 4.41. The van der Waals surface area contributed by atoms with Crippen LogP contribution in [0.15, 0.2) is 122 Å². The smallest absolute Gasteiger partial charge is 0.306 e. The third-order valence-corrected chi connectivity index (χ3v) is 13.7. The maximum absolute atomic E-state index is 12.9. The van der Waals surface area contributed by atoms with E-state index in [1.807, 2.05) is 0 Å². The van der Waals surface area contributed by atoms with Gasteiger partial charge in [-0.25, -0.2) is 0 Å². The zero-order chi connectivity index (χ0) is 56.4. The van der Waals surface area contributed by atoms with E-state index in [1.54, 1.807) is 0 Å². The fraction of sp³-hybridized carbons (Fsp3) is 0.681. The Morgan fingerprint density at radius 3 is 0.846 bits per heavy atom. The Kier molecular flexibility index (Phi) is 61.8. The zero-order valence-electron chi connectivity index (χ0n) is 50.9. The van der Waals surface area contributed by atoms with Crippen molar-refractivity contribution in [3.8, 4) is 0 Å². The fourth-order valence-electron chi connectivity index (χ4n) is 8.85. The number of ether oxygens (including phenoxy) is 3. The molecule has 0 aromatic rings. The van der Waals surface area contributed by atoms with Gasteiger partial charge in [-0.3, -0.25) is 14.4 Å². The molecule has 0 radical (unpaired) electrons. The van der Waals surface area contributed by atoms with Crippen molar-refractivity contribution in [1.29, 1.82) is 0 Å². The average Bonchev–Trinajstić information content (AvgIpc) is 3.44. The quantitative estimate of drug-likeness (QED) is 0.0261. The summed E-state index contributed by atoms with van der Waals surface area (Å²) in [4.78, 5) is 38.3. The van der Waals surface area contributed by atoms with Crippen LogP contribution in [-0.4, -0.2) is 37.2 Å². The first kappa shape index (κ1) is 73.8. The number of rotatable bonds is 58. The predicted octanol–water partition coefficient (Wildman–Crippen LogP) is 22.4. The van der Waals surface area contributed by atoms with Gasteiger partial charge < -0.3 is 14.2 Å². The molecule has 0 aliphatic carbocycles. The molecule has 0 spiro atoms. The van der Waals surface area contributed by atoms with Crippen LogP contribution in [0.1, 0.15) is 297 Å². The number of carbonyl (C=O) groups is 3. The van der Waals surface area contributed by atoms with E-state index in [1.165, 1.54) is 148 Å². The van der Waals surface area contributed by atoms with Crippen LogP contribution in [-0.2, 0) is 28.6 Å². The molecule has 0 bridgehead atoms. The van der Waals surface area contributed by atoms with E-state index in [2.05, 4.69) is 142 Å². The Bertz CT molecular complexity index is 1620. The molecule has 1 atom stereocenters. The van der Waals surface area contributed by atoms with Gasteiger partial charge in [-0.1, -0.05) is 290 Å². The van der Waals surface area contributed by atoms with Gasteiger partial charge in [0.15, 0.2) is 6.10 Å². The molecule has 0 aromatic heterocycles. The van der Waals surface area contributed by atoms with Gasteiger partial charge in [-0.2, -0.15) is 0 Å². The molecule has 0 saturated carbocycles. The summed E-state index contributed by atoms with van der Waals surface area (Å²) in [6.07, 6.45) is 90.7. The lowest BCUT2D eigenvalue weighted by Crippen LogP contribution is -2.30. The number of esters is 3. The molecule has 444 valence electrons. The van der Waals surface area contributed by atoms with Gasteiger partial charge in [0.05, 0.1) is 0 Å². The van der Waals surface area contributed by atoms with E-state index in [9.17, 15) is 14.4 Å². The van der Waals surface area contributed by atoms with Crippen molar-refractivity contribution in [2.75, 3.05) is 13.2 Å². The van der Waals surface area contributed by atoms with Crippen molar-refractivity contribution >= 4 is 17.9 Å². The largest absolute Gasteiger partial charge is 0.462 e. The number of allylic oxidation sites excluding steroid dienone is 20. The van der Waals surface area contributed by atoms with Gasteiger partial charge in [-0.15, -0.1) is 0 Å². The summed E-state index contributed by atoms with van der Waals surface area (Å²) in [5, 5.41) is 0. The van der Waals surface area contributed by atoms with E-state index in [-0.39, 0.29) is 37.5 Å². The third kappa shape index (κ3) is 62.7. The summed E-state index contributed by atoms with van der Waals surface area (Å²) in [6.45, 7) is 6.49. The molecule has 0 aliphatic rings. The molecule has 0 saturated heterocycles. The van der Waals surface area contributed by atoms with Crippen molar-refractivity contribution in [2.45, 2.75) is 303 Å². The van der Waals surface area contributed by atoms with Crippen LogP contribution in [0.2, 0.25) is 0 Å². The summed E-state index contributed by atoms with van der Waals surface area (Å²) < 4.78 is 16.9. The van der Waals surface area contributed by atoms with E-state index in [4.69, 9.17) is 14.2 Å². The minimum absolute atomic E-state index is 0.0961. The van der Waals surface area contributed by atoms with Crippen LogP contribution in [0, 0.1) is 0 Å². The zero-order valence-corrected chi connectivity index (χ0v) is 50.9. The summed E-state index contributed by atoms with van der Waals surface area (Å²) in [5.41, 5.74) is 0. The van der Waals surface area contributed by atoms with Crippen LogP contribution in [0.25, 0.3) is 0 Å². The first-order valence-electron chi connectivity index (χ1n) is 32.5. The van der Waals surface area contributed by atoms with Crippen molar-refractivity contribution in [2.24, 2.45) is 0 Å². The number of carbonyl (C=O) groups excluding carboxylic acids is 3. The highest BCUT2D eigenvalue weighted by molar-refractivity contribution is 5.71. The van der Waals surface area contributed by atoms with Crippen LogP contribution >= 0.6 is 0 Å². The van der Waals surface area contributed by atoms with Gasteiger partial charge in [0, 0.05) is 19.3 Å². The van der Waals surface area contributed by atoms with Crippen LogP contribution < -0.4 is 0 Å². The van der Waals surface area contributed by atoms with Crippen LogP contribution in [0.5, 0.6) is 0 Å². The molecular weight excluding hydrogens is 961 g/mol. The first-order chi connectivity index (χ1) is 38.5. The van der Waals surface area contributed by atoms with Gasteiger partial charge in [-0.05, 0) is 109 Å². The van der Waals surface area contributed by atoms with Gasteiger partial charge in [0.25, 0.3) is 0 Å². The molecule has 0 fully saturated rings. The summed E-state index contributed by atoms with van der Waals surface area (Å²) in [7, 11) is 0. The molecule has 0 amide bonds. The van der Waals surface area contributed by atoms with Crippen LogP contribution in [0.4, 0.5) is 0 Å². The molecule has 0 heterocycles. The van der Waals surface area contributed by atoms with Gasteiger partial charge in [0.1, 0.15) is 13.2 Å². The number of hydrogen-bond acceptors (Lipinski definition) is 6. The lowest BCUT2D eigenvalue weighted by Gasteiger charge is -2.18. The fourth-order valence-corrected chi connectivity index (χ4v) is 8.85. The molecule has 6 nitrogen and oxygen atoms in total. The lowest BCUT2D eigenvalue weighted by atomic mass is 10.0. The highest BCUT2D eigenvalue weighted by Gasteiger charge is 2.19. The summed E-state index contributed by atoms with van der Waals surface area (Å²) in [5.74, 6) is -0.955. The van der Waals surface area contributed by atoms with Gasteiger partial charge in [0.2, 0.25) is 0 Å². The summed E-state index contributed by atoms with van der Waals surface area (Å²) >= 11 is 0. The van der Waals surface area contributed by atoms with E-state index >= 15 is 0 Å². The Morgan fingerprint density at radius 1 is 0.269 bits per heavy atom. The van der Waals surface area contributed by atoms with E-state index in [0.717, 1.165) is 103 Å². The molecule has 78 heavy (non-hydrogen) atoms. The normalized spacial score (nSPS) is 12.9. The highest BCUT2D eigenvalue weighted by atomic mass is 16.6. The monoisotopic (exact) mass is 1080 g/mol. The maximum Gasteiger partial charge on any atom is 0.306 e. The minimum atomic E-state index is -0.804. The Labute approximate surface area is 482 Å². The average molecular weight is 1080 g/mol. The lowest BCUT2D eigenvalue weighted by molar-refractivity contribution is -0.167. The SMILES string of the molecule is CC/C=C\C/C=C\C/C=C\C/C=C\C/C=C\C/C=C\C/C=C\C/C=C\C/C=C\CCCC(=O)OCC(COC(=O)CCCCCCCCCCCCCC)OC(=O)CCCCCCCCCCC/C=C\CCCCCCCC. The van der Waals surface area contributed by atoms with Crippen molar-refractivity contribution in [3.05, 3.63) is 122 Å². The third-order valence-electron chi connectivity index (χ3n) is 13.7. The predicted molar refractivity (Wildman–Crippen MR) is 339 cm³/mol. The van der Waals surface area contributed by atoms with Crippen molar-refractivity contribution in [3.63, 3.8) is 0 Å². The van der Waals surface area contributed by atoms with Crippen LogP contribution in [0.3, 0.4) is 0 Å². The molecule has 0 rings (SSSR count). The molecule has 0 N–H and O–H groups in total. The minimum Gasteiger partial charge on any atom is -0.462 e. The standard InChI is InChI=1S/C72H120O6/c1-4-7-10-13-16-19-22-25-27-29-31-32-33-34-35-36-37-38-39-40-42-43-45-47-50-53-56-59-62-65-71(74)77-68-69(67-76-70(73)64-61-58-55-52-49-24-21-18-15-12-9-6-3)78-72(75)66-63-60-57-54-51-48-46-44-41-30-28-26-23-20-17-14-11-8-5-2/h7,10,16,19,25-28,31-32,34-35,37-38,40,42,45,47,53,56,69H,4-6,8-9,11-15,17-18,20-24,29-30,33,36,39,41,43-44,46,48-52,54-55,57-68H2,1-3H3/b10-7-,19-16-,27-25-,28-26-,32-31-,35-34-,38-37-,42-40-,47-45-,56-53-. The molecule has 0 aliphatic heterocycles. The second-order valence-electron chi connectivity index (χ2n) is 21.3. The summed E-state index contributed by atoms with van der Waals surface area (Å²) in [6, 6.07) is 0. The highest BCUT2D eigenvalue weighted by Crippen LogP contribution is 2.16. The van der Waals surface area contributed by atoms with E-state index < -0.39 is 6.10 Å². The molecular formula is C72H120O6. The van der Waals surface area contributed by atoms with Crippen molar-refractivity contribution in [1.82, 2.24) is 0 Å². The second-order valence-corrected chi connectivity index (χ2v) is 21.3. The van der Waals surface area contributed by atoms with Gasteiger partial charge >= 0.3 is 17.9 Å². The van der Waals surface area contributed by atoms with E-state index in [0.29, 0.717) is 19.3 Å². The first-order valence-corrected chi connectivity index (χ1v) is 32.5. The number of hydrogen-bond donors (Lipinski definition) is 0. The Morgan fingerprint density at radius 2 is 0.513 bits per heavy atom. The molecule has 0 aromatic carbocycles. The second kappa shape index (κ2) is 65.3. The molecule has 6 heteroatoms. The van der Waals surface area contributed by atoms with Crippen molar-refractivity contribution < 1.29 is 28.6 Å².